The Morgan fingerprint density at radius 3 is 1.63 bits per heavy atom. The zero-order chi connectivity index (χ0) is 19.7. The summed E-state index contributed by atoms with van der Waals surface area (Å²) in [5.74, 6) is -0.533. The summed E-state index contributed by atoms with van der Waals surface area (Å²) in [7, 11) is 0. The van der Waals surface area contributed by atoms with Crippen LogP contribution in [-0.2, 0) is 9.53 Å². The van der Waals surface area contributed by atoms with Gasteiger partial charge in [-0.15, -0.1) is 0 Å². The summed E-state index contributed by atoms with van der Waals surface area (Å²) in [5.41, 5.74) is 1.96. The summed E-state index contributed by atoms with van der Waals surface area (Å²) < 4.78 is 7.06. The number of carbonyl (C=O) groups excluding carboxylic acids is 1. The number of esters is 1. The number of benzene rings is 2. The van der Waals surface area contributed by atoms with Crippen LogP contribution in [-0.4, -0.2) is 42.7 Å². The van der Waals surface area contributed by atoms with Crippen LogP contribution in [0.4, 0.5) is 0 Å². The lowest BCUT2D eigenvalue weighted by Crippen LogP contribution is -2.52. The van der Waals surface area contributed by atoms with Gasteiger partial charge in [-0.2, -0.15) is 0 Å². The molecule has 3 heteroatoms. The molecule has 0 amide bonds. The number of ether oxygens (including phenoxy) is 1. The zero-order valence-electron chi connectivity index (χ0n) is 17.2. The van der Waals surface area contributed by atoms with Gasteiger partial charge in [0.25, 0.3) is 0 Å². The van der Waals surface area contributed by atoms with Crippen molar-refractivity contribution in [3.05, 3.63) is 71.8 Å². The van der Waals surface area contributed by atoms with Crippen molar-refractivity contribution in [3.63, 3.8) is 0 Å². The highest BCUT2D eigenvalue weighted by Crippen LogP contribution is 2.27. The fraction of sp³-hybridized carbons (Fsp3) is 0.458. The highest BCUT2D eigenvalue weighted by molar-refractivity contribution is 5.82. The second kappa shape index (κ2) is 10.3. The Bertz CT molecular complexity index is 632. The number of nitrogens with zero attached hydrogens (tertiary/aromatic N) is 1. The molecule has 2 rings (SSSR count). The van der Waals surface area contributed by atoms with Crippen LogP contribution in [0, 0.1) is 0 Å². The van der Waals surface area contributed by atoms with Crippen LogP contribution >= 0.6 is 0 Å². The van der Waals surface area contributed by atoms with E-state index in [4.69, 9.17) is 4.74 Å². The van der Waals surface area contributed by atoms with E-state index in [9.17, 15) is 4.79 Å². The number of quaternary nitrogens is 1. The van der Waals surface area contributed by atoms with Gasteiger partial charge in [0.05, 0.1) is 19.6 Å². The maximum absolute atomic E-state index is 13.2. The first kappa shape index (κ1) is 21.2. The van der Waals surface area contributed by atoms with Crippen molar-refractivity contribution in [2.24, 2.45) is 0 Å². The van der Waals surface area contributed by atoms with E-state index >= 15 is 0 Å². The van der Waals surface area contributed by atoms with Crippen molar-refractivity contribution in [2.75, 3.05) is 26.2 Å². The zero-order valence-corrected chi connectivity index (χ0v) is 17.2. The number of rotatable bonds is 10. The summed E-state index contributed by atoms with van der Waals surface area (Å²) in [6.45, 7) is 12.8. The lowest BCUT2D eigenvalue weighted by Gasteiger charge is -2.38. The summed E-state index contributed by atoms with van der Waals surface area (Å²) in [6, 6.07) is 19.9. The molecule has 0 saturated heterocycles. The maximum Gasteiger partial charge on any atom is 0.318 e. The molecule has 2 aromatic carbocycles. The lowest BCUT2D eigenvalue weighted by molar-refractivity contribution is -0.925. The van der Waals surface area contributed by atoms with Gasteiger partial charge in [0, 0.05) is 0 Å². The average Bonchev–Trinajstić information content (AvgIpc) is 2.73. The number of likely N-dealkylation sites (N-methyl/N-ethyl adjacent to an activating group) is 1. The third kappa shape index (κ3) is 5.43. The first-order chi connectivity index (χ1) is 13.1. The molecule has 3 nitrogen and oxygen atoms in total. The fourth-order valence-electron chi connectivity index (χ4n) is 3.73. The van der Waals surface area contributed by atoms with Gasteiger partial charge < -0.3 is 9.22 Å². The number of hydrogen-bond acceptors (Lipinski definition) is 2. The van der Waals surface area contributed by atoms with Crippen molar-refractivity contribution in [1.82, 2.24) is 0 Å². The smallest absolute Gasteiger partial charge is 0.318 e. The Labute approximate surface area is 164 Å². The van der Waals surface area contributed by atoms with Crippen molar-refractivity contribution >= 4 is 5.97 Å². The van der Waals surface area contributed by atoms with E-state index in [0.717, 1.165) is 48.2 Å². The second-order valence-corrected chi connectivity index (χ2v) is 7.19. The van der Waals surface area contributed by atoms with Gasteiger partial charge in [-0.1, -0.05) is 67.6 Å². The highest BCUT2D eigenvalue weighted by atomic mass is 16.5. The van der Waals surface area contributed by atoms with E-state index in [1.807, 2.05) is 60.7 Å². The van der Waals surface area contributed by atoms with Crippen molar-refractivity contribution in [3.8, 4) is 0 Å². The van der Waals surface area contributed by atoms with Crippen LogP contribution in [0.1, 0.15) is 51.2 Å². The quantitative estimate of drug-likeness (QED) is 0.435. The SMILES string of the molecule is CCC(C[N+](CC)(CC)CC)OC(=O)C(c1ccccc1)c1ccccc1. The Kier molecular flexibility index (Phi) is 8.05. The van der Waals surface area contributed by atoms with Crippen LogP contribution in [0.5, 0.6) is 0 Å². The predicted molar refractivity (Wildman–Crippen MR) is 112 cm³/mol. The van der Waals surface area contributed by atoms with Crippen LogP contribution in [0.25, 0.3) is 0 Å². The summed E-state index contributed by atoms with van der Waals surface area (Å²) in [6.07, 6.45) is 0.773. The van der Waals surface area contributed by atoms with Crippen LogP contribution in [0.15, 0.2) is 60.7 Å². The molecule has 0 aromatic heterocycles. The van der Waals surface area contributed by atoms with Gasteiger partial charge in [-0.3, -0.25) is 4.79 Å². The molecule has 0 aliphatic carbocycles. The molecule has 0 aliphatic rings. The molecular weight excluding hydrogens is 334 g/mol. The molecule has 0 heterocycles. The van der Waals surface area contributed by atoms with Crippen LogP contribution < -0.4 is 0 Å². The van der Waals surface area contributed by atoms with Gasteiger partial charge in [0.1, 0.15) is 12.5 Å². The Balaban J connectivity index is 2.25. The standard InChI is InChI=1S/C24H34NO2/c1-5-22(19-25(6-2,7-3)8-4)27-24(26)23(20-15-11-9-12-16-20)21-17-13-10-14-18-21/h9-18,22-23H,5-8,19H2,1-4H3/q+1. The molecule has 2 aromatic rings. The van der Waals surface area contributed by atoms with Crippen molar-refractivity contribution < 1.29 is 14.0 Å². The van der Waals surface area contributed by atoms with Gasteiger partial charge in [0.15, 0.2) is 6.10 Å². The van der Waals surface area contributed by atoms with E-state index < -0.39 is 0 Å². The number of hydrogen-bond donors (Lipinski definition) is 0. The van der Waals surface area contributed by atoms with E-state index in [2.05, 4.69) is 27.7 Å². The van der Waals surface area contributed by atoms with Gasteiger partial charge in [0.2, 0.25) is 0 Å². The molecule has 0 radical (unpaired) electrons. The molecule has 1 atom stereocenters. The first-order valence-corrected chi connectivity index (χ1v) is 10.2. The van der Waals surface area contributed by atoms with Crippen molar-refractivity contribution in [1.29, 1.82) is 0 Å². The highest BCUT2D eigenvalue weighted by Gasteiger charge is 2.31. The molecule has 27 heavy (non-hydrogen) atoms. The molecule has 0 saturated carbocycles. The second-order valence-electron chi connectivity index (χ2n) is 7.19. The minimum atomic E-state index is -0.381. The van der Waals surface area contributed by atoms with Gasteiger partial charge >= 0.3 is 5.97 Å². The van der Waals surface area contributed by atoms with Gasteiger partial charge in [-0.05, 0) is 38.3 Å². The van der Waals surface area contributed by atoms with Gasteiger partial charge in [-0.25, -0.2) is 0 Å². The number of carbonyl (C=O) groups is 1. The fourth-order valence-corrected chi connectivity index (χ4v) is 3.73. The molecule has 0 spiro atoms. The Hall–Kier alpha value is -2.13. The topological polar surface area (TPSA) is 26.3 Å². The predicted octanol–water partition coefficient (Wildman–Crippen LogP) is 5.02. The van der Waals surface area contributed by atoms with Crippen molar-refractivity contribution in [2.45, 2.75) is 46.1 Å². The van der Waals surface area contributed by atoms with E-state index in [-0.39, 0.29) is 18.0 Å². The molecular formula is C24H34NO2+. The van der Waals surface area contributed by atoms with E-state index in [0.29, 0.717) is 0 Å². The monoisotopic (exact) mass is 368 g/mol. The third-order valence-electron chi connectivity index (χ3n) is 5.84. The molecule has 0 fully saturated rings. The summed E-state index contributed by atoms with van der Waals surface area (Å²) in [4.78, 5) is 13.2. The molecule has 0 bridgehead atoms. The van der Waals surface area contributed by atoms with Crippen LogP contribution in [0.2, 0.25) is 0 Å². The molecule has 0 N–H and O–H groups in total. The maximum atomic E-state index is 13.2. The first-order valence-electron chi connectivity index (χ1n) is 10.2. The molecule has 1 unspecified atom stereocenters. The summed E-state index contributed by atoms with van der Waals surface area (Å²) in [5, 5.41) is 0. The average molecular weight is 369 g/mol. The summed E-state index contributed by atoms with van der Waals surface area (Å²) >= 11 is 0. The normalized spacial score (nSPS) is 12.8. The minimum Gasteiger partial charge on any atom is -0.456 e. The largest absolute Gasteiger partial charge is 0.456 e. The Morgan fingerprint density at radius 1 is 0.815 bits per heavy atom. The third-order valence-corrected chi connectivity index (χ3v) is 5.84. The van der Waals surface area contributed by atoms with E-state index in [1.54, 1.807) is 0 Å². The molecule has 146 valence electrons. The minimum absolute atomic E-state index is 0.0627. The Morgan fingerprint density at radius 2 is 1.26 bits per heavy atom. The lowest BCUT2D eigenvalue weighted by atomic mass is 9.91. The van der Waals surface area contributed by atoms with Crippen LogP contribution in [0.3, 0.4) is 0 Å². The molecule has 0 aliphatic heterocycles. The van der Waals surface area contributed by atoms with E-state index in [1.165, 1.54) is 0 Å².